The van der Waals surface area contributed by atoms with Crippen molar-refractivity contribution in [3.05, 3.63) is 98.5 Å². The topological polar surface area (TPSA) is 103 Å². The molecule has 227 valence electrons. The van der Waals surface area contributed by atoms with E-state index in [1.165, 1.54) is 29.9 Å². The second kappa shape index (κ2) is 19.3. The molecule has 0 saturated heterocycles. The Morgan fingerprint density at radius 3 is 2.12 bits per heavy atom. The quantitative estimate of drug-likeness (QED) is 0.205. The normalized spacial score (nSPS) is 10.8. The van der Waals surface area contributed by atoms with Crippen molar-refractivity contribution in [2.45, 2.75) is 46.6 Å². The van der Waals surface area contributed by atoms with Gasteiger partial charge >= 0.3 is 0 Å². The van der Waals surface area contributed by atoms with Crippen molar-refractivity contribution in [1.82, 2.24) is 9.88 Å². The molecule has 1 radical (unpaired) electrons. The number of aryl methyl sites for hydroxylation is 1. The number of halogens is 5. The van der Waals surface area contributed by atoms with Gasteiger partial charge in [-0.25, -0.2) is 22.0 Å². The maximum absolute atomic E-state index is 14.7. The Hall–Kier alpha value is -2.96. The molecule has 3 rings (SSSR count). The molecule has 0 aliphatic heterocycles. The van der Waals surface area contributed by atoms with Crippen LogP contribution in [0.25, 0.3) is 16.4 Å². The number of pyridine rings is 1. The molecule has 1 aromatic heterocycles. The summed E-state index contributed by atoms with van der Waals surface area (Å²) in [5.41, 5.74) is -1.94. The molecule has 0 saturated carbocycles. The average Bonchev–Trinajstić information content (AvgIpc) is 2.86. The number of amides is 1. The van der Waals surface area contributed by atoms with Crippen LogP contribution in [0.1, 0.15) is 62.5 Å². The average molecular weight is 671 g/mol. The van der Waals surface area contributed by atoms with Gasteiger partial charge in [-0.2, -0.15) is 0 Å². The second-order valence-electron chi connectivity index (χ2n) is 9.43. The van der Waals surface area contributed by atoms with E-state index in [2.05, 4.69) is 31.4 Å². The maximum Gasteiger partial charge on any atom is 0.290 e. The van der Waals surface area contributed by atoms with E-state index in [1.807, 2.05) is 0 Å². The van der Waals surface area contributed by atoms with Gasteiger partial charge in [0.25, 0.3) is 17.9 Å². The van der Waals surface area contributed by atoms with Crippen LogP contribution >= 0.6 is 0 Å². The molecule has 0 fully saturated rings. The van der Waals surface area contributed by atoms with E-state index in [-0.39, 0.29) is 69.0 Å². The fourth-order valence-corrected chi connectivity index (χ4v) is 3.53. The number of hydrogen-bond donors (Lipinski definition) is 2. The second-order valence-corrected chi connectivity index (χ2v) is 9.43. The van der Waals surface area contributed by atoms with E-state index >= 15 is 0 Å². The number of hydrogen-bond acceptors (Lipinski definition) is 3. The predicted molar refractivity (Wildman–Crippen MR) is 146 cm³/mol. The number of nitrogens with zero attached hydrogens (tertiary/aromatic N) is 2. The molecule has 1 atom stereocenters. The molecule has 7 nitrogen and oxygen atoms in total. The van der Waals surface area contributed by atoms with E-state index in [4.69, 9.17) is 9.90 Å². The number of carboxylic acid groups (broad SMARTS) is 1. The molecule has 0 aliphatic carbocycles. The molecule has 0 spiro atoms. The molecule has 0 aliphatic rings. The fourth-order valence-electron chi connectivity index (χ4n) is 3.53. The van der Waals surface area contributed by atoms with Crippen molar-refractivity contribution in [2.24, 2.45) is 13.0 Å². The molecule has 1 heterocycles. The van der Waals surface area contributed by atoms with Crippen LogP contribution in [0.2, 0.25) is 0 Å². The minimum Gasteiger partial charge on any atom is -0.639 e. The fraction of sp³-hybridized carbons (Fsp3) is 0.345. The summed E-state index contributed by atoms with van der Waals surface area (Å²) in [5.74, 6) is -6.16. The van der Waals surface area contributed by atoms with Gasteiger partial charge < -0.3 is 20.3 Å². The number of nitrogens with one attached hydrogen (secondary N) is 1. The molecule has 2 aromatic carbocycles. The van der Waals surface area contributed by atoms with Gasteiger partial charge in [0.05, 0.1) is 5.56 Å². The molecular formula is C29H33F5N3O4Y-. The summed E-state index contributed by atoms with van der Waals surface area (Å²) in [4.78, 5) is 32.7. The first-order chi connectivity index (χ1) is 19.3. The molecule has 1 amide bonds. The number of carbonyl (C=O) groups is 2. The van der Waals surface area contributed by atoms with Crippen molar-refractivity contribution in [3.63, 3.8) is 0 Å². The van der Waals surface area contributed by atoms with Crippen molar-refractivity contribution in [2.75, 3.05) is 6.67 Å². The van der Waals surface area contributed by atoms with Gasteiger partial charge in [0.1, 0.15) is 23.0 Å². The van der Waals surface area contributed by atoms with Crippen molar-refractivity contribution in [1.29, 1.82) is 0 Å². The zero-order chi connectivity index (χ0) is 31.3. The SMILES string of the molecule is CC(C)C.CCCC([N-]CNC(=O)c1cccn(C)c1=O)c1cc(-c2c(F)cc(F)cc2F)cc(F)c1F.O=CO.[Y]. The smallest absolute Gasteiger partial charge is 0.290 e. The Labute approximate surface area is 266 Å². The van der Waals surface area contributed by atoms with Crippen LogP contribution in [-0.2, 0) is 44.6 Å². The van der Waals surface area contributed by atoms with Crippen molar-refractivity contribution in [3.8, 4) is 11.1 Å². The van der Waals surface area contributed by atoms with Gasteiger partial charge in [-0.1, -0.05) is 47.2 Å². The van der Waals surface area contributed by atoms with Gasteiger partial charge in [0, 0.05) is 58.1 Å². The van der Waals surface area contributed by atoms with Crippen LogP contribution in [0.5, 0.6) is 0 Å². The summed E-state index contributed by atoms with van der Waals surface area (Å²) in [6.45, 7) is 7.69. The van der Waals surface area contributed by atoms with Gasteiger partial charge in [-0.05, 0) is 41.3 Å². The summed E-state index contributed by atoms with van der Waals surface area (Å²) >= 11 is 0. The first kappa shape index (κ1) is 39.0. The summed E-state index contributed by atoms with van der Waals surface area (Å²) in [6.07, 6.45) is 2.21. The Balaban J connectivity index is 0.00000190. The van der Waals surface area contributed by atoms with Crippen LogP contribution in [0.3, 0.4) is 0 Å². The molecule has 1 unspecified atom stereocenters. The Bertz CT molecular complexity index is 1360. The van der Waals surface area contributed by atoms with E-state index in [1.54, 1.807) is 6.92 Å². The van der Waals surface area contributed by atoms with E-state index < -0.39 is 52.2 Å². The van der Waals surface area contributed by atoms with Gasteiger partial charge in [-0.15, -0.1) is 6.04 Å². The Morgan fingerprint density at radius 1 is 1.05 bits per heavy atom. The van der Waals surface area contributed by atoms with E-state index in [9.17, 15) is 31.5 Å². The molecular weight excluding hydrogens is 638 g/mol. The zero-order valence-electron chi connectivity index (χ0n) is 23.9. The number of benzene rings is 2. The zero-order valence-corrected chi connectivity index (χ0v) is 26.8. The van der Waals surface area contributed by atoms with E-state index in [0.717, 1.165) is 12.0 Å². The van der Waals surface area contributed by atoms with Crippen molar-refractivity contribution < 1.29 is 69.4 Å². The Kier molecular flexibility index (Phi) is 17.9. The first-order valence-corrected chi connectivity index (χ1v) is 12.6. The summed E-state index contributed by atoms with van der Waals surface area (Å²) < 4.78 is 72.0. The number of aromatic nitrogens is 1. The summed E-state index contributed by atoms with van der Waals surface area (Å²) in [6, 6.07) is 4.44. The van der Waals surface area contributed by atoms with Gasteiger partial charge in [-0.3, -0.25) is 14.4 Å². The third-order valence-corrected chi connectivity index (χ3v) is 5.19. The van der Waals surface area contributed by atoms with Gasteiger partial charge in [0.2, 0.25) is 0 Å². The van der Waals surface area contributed by atoms with E-state index in [0.29, 0.717) is 24.6 Å². The first-order valence-electron chi connectivity index (χ1n) is 12.6. The number of rotatable bonds is 8. The van der Waals surface area contributed by atoms with Crippen LogP contribution in [0, 0.1) is 35.0 Å². The molecule has 3 aromatic rings. The number of carbonyl (C=O) groups excluding carboxylic acids is 1. The summed E-state index contributed by atoms with van der Waals surface area (Å²) in [7, 11) is 1.48. The summed E-state index contributed by atoms with van der Waals surface area (Å²) in [5, 5.41) is 13.5. The largest absolute Gasteiger partial charge is 0.639 e. The van der Waals surface area contributed by atoms with Crippen LogP contribution in [0.4, 0.5) is 22.0 Å². The Morgan fingerprint density at radius 2 is 1.60 bits per heavy atom. The van der Waals surface area contributed by atoms with Crippen molar-refractivity contribution >= 4 is 12.4 Å². The third-order valence-electron chi connectivity index (χ3n) is 5.19. The van der Waals surface area contributed by atoms with Crippen LogP contribution in [0.15, 0.2) is 47.4 Å². The standard InChI is InChI=1S/C24H21F5N3O2.C4H10.CH2O2.Y/c1-3-5-20(30-12-31-23(33)15-6-4-7-32(2)24(15)34)16-8-13(9-19(28)22(16)29)21-17(26)10-14(25)11-18(21)27;1-4(2)3;2-1-3;/h4,6-11,20H,3,5,12H2,1-2H3,(H,31,33);4H,1-3H3;1H,(H,2,3);/q-1;;;. The maximum atomic E-state index is 14.7. The molecule has 2 N–H and O–H groups in total. The van der Waals surface area contributed by atoms with Crippen LogP contribution in [-0.4, -0.2) is 28.7 Å². The monoisotopic (exact) mass is 671 g/mol. The minimum absolute atomic E-state index is 0. The van der Waals surface area contributed by atoms with Gasteiger partial charge in [0.15, 0.2) is 11.6 Å². The third kappa shape index (κ3) is 11.7. The molecule has 42 heavy (non-hydrogen) atoms. The molecule has 13 heteroatoms. The minimum atomic E-state index is -1.36. The van der Waals surface area contributed by atoms with Crippen LogP contribution < -0.4 is 10.9 Å². The molecule has 0 bridgehead atoms. The predicted octanol–water partition coefficient (Wildman–Crippen LogP) is 6.71.